The summed E-state index contributed by atoms with van der Waals surface area (Å²) in [5.41, 5.74) is 7.86. The lowest BCUT2D eigenvalue weighted by Crippen LogP contribution is -2.61. The number of urea groups is 1. The zero-order valence-corrected chi connectivity index (χ0v) is 13.7. The summed E-state index contributed by atoms with van der Waals surface area (Å²) >= 11 is 1.02. The van der Waals surface area contributed by atoms with Gasteiger partial charge in [-0.25, -0.2) is 15.6 Å². The van der Waals surface area contributed by atoms with E-state index in [-0.39, 0.29) is 11.7 Å². The summed E-state index contributed by atoms with van der Waals surface area (Å²) in [6, 6.07) is 6.68. The highest BCUT2D eigenvalue weighted by Gasteiger charge is 2.26. The molecule has 1 aromatic rings. The second-order valence-electron chi connectivity index (χ2n) is 4.54. The second kappa shape index (κ2) is 8.89. The first-order chi connectivity index (χ1) is 11.6. The first kappa shape index (κ1) is 17.8. The molecule has 1 aliphatic heterocycles. The fraction of sp³-hybridized carbons (Fsp3) is 0.286. The average molecular weight is 351 g/mol. The highest BCUT2D eigenvalue weighted by molar-refractivity contribution is 8.01. The first-order valence-corrected chi connectivity index (χ1v) is 8.16. The van der Waals surface area contributed by atoms with Gasteiger partial charge in [0.1, 0.15) is 5.75 Å². The molecule has 0 aromatic heterocycles. The van der Waals surface area contributed by atoms with Gasteiger partial charge in [-0.05, 0) is 19.1 Å². The molecule has 1 atom stereocenters. The quantitative estimate of drug-likeness (QED) is 0.403. The lowest BCUT2D eigenvalue weighted by molar-refractivity contribution is -0.121. The van der Waals surface area contributed by atoms with Crippen LogP contribution in [-0.4, -0.2) is 41.8 Å². The molecule has 10 heteroatoms. The van der Waals surface area contributed by atoms with E-state index in [1.54, 1.807) is 0 Å². The van der Waals surface area contributed by atoms with Gasteiger partial charge in [0.25, 0.3) is 5.91 Å². The average Bonchev–Trinajstić information content (AvgIpc) is 2.56. The number of hydrazone groups is 1. The highest BCUT2D eigenvalue weighted by Crippen LogP contribution is 2.15. The SMILES string of the molecule is CCOc1ccccc1/C=N/NC(=O)CSC1NNC(=O)NC1=O. The second-order valence-corrected chi connectivity index (χ2v) is 5.64. The molecular formula is C14H17N5O4S. The Hall–Kier alpha value is -2.59. The fourth-order valence-corrected chi connectivity index (χ4v) is 2.50. The van der Waals surface area contributed by atoms with E-state index < -0.39 is 17.3 Å². The molecule has 2 rings (SSSR count). The molecule has 1 fully saturated rings. The minimum absolute atomic E-state index is 0.00853. The Kier molecular flexibility index (Phi) is 6.58. The summed E-state index contributed by atoms with van der Waals surface area (Å²) in [6.07, 6.45) is 1.49. The summed E-state index contributed by atoms with van der Waals surface area (Å²) in [5, 5.41) is 5.22. The van der Waals surface area contributed by atoms with Gasteiger partial charge in [-0.1, -0.05) is 12.1 Å². The van der Waals surface area contributed by atoms with Crippen LogP contribution in [0.25, 0.3) is 0 Å². The largest absolute Gasteiger partial charge is 0.493 e. The van der Waals surface area contributed by atoms with Crippen molar-refractivity contribution in [2.24, 2.45) is 5.10 Å². The van der Waals surface area contributed by atoms with Gasteiger partial charge in [-0.3, -0.25) is 20.3 Å². The molecule has 9 nitrogen and oxygen atoms in total. The van der Waals surface area contributed by atoms with Crippen LogP contribution in [0.4, 0.5) is 4.79 Å². The number of amides is 4. The van der Waals surface area contributed by atoms with Gasteiger partial charge in [0.05, 0.1) is 18.6 Å². The zero-order valence-electron chi connectivity index (χ0n) is 12.9. The molecule has 0 aliphatic carbocycles. The molecule has 1 saturated heterocycles. The van der Waals surface area contributed by atoms with Crippen molar-refractivity contribution < 1.29 is 19.1 Å². The van der Waals surface area contributed by atoms with Gasteiger partial charge in [0.15, 0.2) is 5.37 Å². The Morgan fingerprint density at radius 2 is 2.21 bits per heavy atom. The molecule has 0 bridgehead atoms. The van der Waals surface area contributed by atoms with Crippen LogP contribution in [0.1, 0.15) is 12.5 Å². The Labute approximate surface area is 142 Å². The third-order valence-corrected chi connectivity index (χ3v) is 3.88. The maximum atomic E-state index is 11.7. The van der Waals surface area contributed by atoms with Gasteiger partial charge < -0.3 is 4.74 Å². The van der Waals surface area contributed by atoms with Crippen molar-refractivity contribution in [2.45, 2.75) is 12.3 Å². The van der Waals surface area contributed by atoms with Crippen LogP contribution >= 0.6 is 11.8 Å². The molecule has 1 aliphatic rings. The molecule has 0 saturated carbocycles. The molecule has 0 spiro atoms. The molecule has 4 amide bonds. The number of para-hydroxylation sites is 1. The van der Waals surface area contributed by atoms with E-state index in [4.69, 9.17) is 4.74 Å². The van der Waals surface area contributed by atoms with E-state index in [0.717, 1.165) is 17.3 Å². The Bertz CT molecular complexity index is 652. The van der Waals surface area contributed by atoms with E-state index in [2.05, 4.69) is 26.7 Å². The van der Waals surface area contributed by atoms with Crippen molar-refractivity contribution in [3.63, 3.8) is 0 Å². The van der Waals surface area contributed by atoms with Gasteiger partial charge in [0.2, 0.25) is 5.91 Å². The van der Waals surface area contributed by atoms with Gasteiger partial charge in [-0.2, -0.15) is 5.10 Å². The smallest absolute Gasteiger partial charge is 0.335 e. The molecule has 24 heavy (non-hydrogen) atoms. The Morgan fingerprint density at radius 3 is 2.96 bits per heavy atom. The number of hydrogen-bond acceptors (Lipinski definition) is 7. The molecule has 1 heterocycles. The molecule has 1 aromatic carbocycles. The van der Waals surface area contributed by atoms with Crippen LogP contribution in [0.3, 0.4) is 0 Å². The third-order valence-electron chi connectivity index (χ3n) is 2.78. The number of imide groups is 1. The number of hydrazine groups is 1. The molecule has 128 valence electrons. The van der Waals surface area contributed by atoms with Crippen LogP contribution in [0.15, 0.2) is 29.4 Å². The minimum atomic E-state index is -0.740. The lowest BCUT2D eigenvalue weighted by atomic mass is 10.2. The van der Waals surface area contributed by atoms with E-state index in [1.807, 2.05) is 31.2 Å². The van der Waals surface area contributed by atoms with Crippen molar-refractivity contribution in [3.05, 3.63) is 29.8 Å². The number of rotatable bonds is 7. The monoisotopic (exact) mass is 351 g/mol. The van der Waals surface area contributed by atoms with Crippen molar-refractivity contribution in [2.75, 3.05) is 12.4 Å². The third kappa shape index (κ3) is 5.25. The highest BCUT2D eigenvalue weighted by atomic mass is 32.2. The van der Waals surface area contributed by atoms with Crippen molar-refractivity contribution in [1.82, 2.24) is 21.6 Å². The zero-order chi connectivity index (χ0) is 17.4. The summed E-state index contributed by atoms with van der Waals surface area (Å²) < 4.78 is 5.45. The predicted octanol–water partition coefficient (Wildman–Crippen LogP) is -0.0613. The fourth-order valence-electron chi connectivity index (χ4n) is 1.76. The van der Waals surface area contributed by atoms with Crippen LogP contribution in [-0.2, 0) is 9.59 Å². The first-order valence-electron chi connectivity index (χ1n) is 7.12. The van der Waals surface area contributed by atoms with Crippen molar-refractivity contribution in [3.8, 4) is 5.75 Å². The standard InChI is InChI=1S/C14H17N5O4S/c1-2-23-10-6-4-3-5-9(10)7-15-17-11(20)8-24-13-12(21)16-14(22)19-18-13/h3-7,13,18H,2,8H2,1H3,(H,17,20)(H2,16,19,21,22)/b15-7+. The molecule has 4 N–H and O–H groups in total. The number of nitrogens with zero attached hydrogens (tertiary/aromatic N) is 1. The maximum Gasteiger partial charge on any atom is 0.335 e. The summed E-state index contributed by atoms with van der Waals surface area (Å²) in [5.74, 6) is -0.223. The number of ether oxygens (including phenoxy) is 1. The van der Waals surface area contributed by atoms with Gasteiger partial charge in [-0.15, -0.1) is 11.8 Å². The van der Waals surface area contributed by atoms with E-state index in [1.165, 1.54) is 6.21 Å². The van der Waals surface area contributed by atoms with Crippen LogP contribution in [0.5, 0.6) is 5.75 Å². The number of nitrogens with one attached hydrogen (secondary N) is 4. The topological polar surface area (TPSA) is 121 Å². The minimum Gasteiger partial charge on any atom is -0.493 e. The van der Waals surface area contributed by atoms with E-state index in [0.29, 0.717) is 12.4 Å². The van der Waals surface area contributed by atoms with Gasteiger partial charge in [0, 0.05) is 5.56 Å². The summed E-state index contributed by atoms with van der Waals surface area (Å²) in [4.78, 5) is 34.1. The summed E-state index contributed by atoms with van der Waals surface area (Å²) in [6.45, 7) is 2.41. The normalized spacial score (nSPS) is 17.3. The van der Waals surface area contributed by atoms with Crippen LogP contribution in [0.2, 0.25) is 0 Å². The Balaban J connectivity index is 1.79. The van der Waals surface area contributed by atoms with Crippen LogP contribution in [0, 0.1) is 0 Å². The number of thioether (sulfide) groups is 1. The lowest BCUT2D eigenvalue weighted by Gasteiger charge is -2.22. The van der Waals surface area contributed by atoms with Crippen LogP contribution < -0.4 is 26.3 Å². The molecular weight excluding hydrogens is 334 g/mol. The van der Waals surface area contributed by atoms with E-state index >= 15 is 0 Å². The molecule has 0 radical (unpaired) electrons. The molecule has 1 unspecified atom stereocenters. The number of hydrogen-bond donors (Lipinski definition) is 4. The number of carbonyl (C=O) groups is 3. The number of benzene rings is 1. The summed E-state index contributed by atoms with van der Waals surface area (Å²) in [7, 11) is 0. The van der Waals surface area contributed by atoms with Crippen molar-refractivity contribution >= 4 is 35.8 Å². The predicted molar refractivity (Wildman–Crippen MR) is 89.4 cm³/mol. The Morgan fingerprint density at radius 1 is 1.42 bits per heavy atom. The van der Waals surface area contributed by atoms with Gasteiger partial charge >= 0.3 is 6.03 Å². The van der Waals surface area contributed by atoms with Crippen molar-refractivity contribution in [1.29, 1.82) is 0 Å². The number of carbonyl (C=O) groups excluding carboxylic acids is 3. The van der Waals surface area contributed by atoms with E-state index in [9.17, 15) is 14.4 Å². The maximum absolute atomic E-state index is 11.7.